The molecule has 0 fully saturated rings. The Bertz CT molecular complexity index is 1020. The molecule has 2 amide bonds. The fraction of sp³-hybridized carbons (Fsp3) is 0.125. The summed E-state index contributed by atoms with van der Waals surface area (Å²) in [7, 11) is 1.72. The molecule has 0 atom stereocenters. The molecular formula is C16H14BrN5O3. The second-order valence-electron chi connectivity index (χ2n) is 5.34. The van der Waals surface area contributed by atoms with Gasteiger partial charge >= 0.3 is 0 Å². The Hall–Kier alpha value is -2.94. The van der Waals surface area contributed by atoms with Gasteiger partial charge in [-0.25, -0.2) is 0 Å². The number of fused-ring (bicyclic) bond motifs is 1. The molecule has 0 saturated heterocycles. The number of aromatic nitrogens is 3. The zero-order valence-corrected chi connectivity index (χ0v) is 14.8. The molecule has 2 heterocycles. The van der Waals surface area contributed by atoms with E-state index in [-0.39, 0.29) is 12.0 Å². The van der Waals surface area contributed by atoms with Gasteiger partial charge in [0.25, 0.3) is 11.8 Å². The minimum atomic E-state index is -0.470. The monoisotopic (exact) mass is 403 g/mol. The molecule has 8 nitrogen and oxygen atoms in total. The van der Waals surface area contributed by atoms with E-state index in [4.69, 9.17) is 0 Å². The lowest BCUT2D eigenvalue weighted by molar-refractivity contribution is -0.122. The minimum absolute atomic E-state index is 0.141. The zero-order chi connectivity index (χ0) is 18.0. The van der Waals surface area contributed by atoms with Crippen molar-refractivity contribution in [2.24, 2.45) is 7.05 Å². The molecule has 0 radical (unpaired) electrons. The van der Waals surface area contributed by atoms with E-state index in [0.29, 0.717) is 16.6 Å². The Morgan fingerprint density at radius 3 is 2.72 bits per heavy atom. The Morgan fingerprint density at radius 1 is 1.24 bits per heavy atom. The molecule has 0 saturated carbocycles. The van der Waals surface area contributed by atoms with E-state index in [0.717, 1.165) is 10.7 Å². The van der Waals surface area contributed by atoms with Crippen LogP contribution in [0.4, 0.5) is 0 Å². The number of aryl methyl sites for hydroxylation is 1. The van der Waals surface area contributed by atoms with E-state index in [1.165, 1.54) is 4.68 Å². The van der Waals surface area contributed by atoms with E-state index in [2.05, 4.69) is 31.9 Å². The van der Waals surface area contributed by atoms with Crippen molar-refractivity contribution in [3.8, 4) is 0 Å². The van der Waals surface area contributed by atoms with Gasteiger partial charge in [-0.15, -0.1) is 0 Å². The van der Waals surface area contributed by atoms with E-state index < -0.39 is 11.8 Å². The number of para-hydroxylation sites is 1. The third-order valence-electron chi connectivity index (χ3n) is 3.58. The highest BCUT2D eigenvalue weighted by Gasteiger charge is 2.13. The van der Waals surface area contributed by atoms with E-state index in [1.54, 1.807) is 48.1 Å². The summed E-state index contributed by atoms with van der Waals surface area (Å²) in [5.41, 5.74) is 5.41. The van der Waals surface area contributed by atoms with Gasteiger partial charge in [0.2, 0.25) is 5.43 Å². The number of nitrogens with one attached hydrogen (secondary N) is 2. The van der Waals surface area contributed by atoms with E-state index in [1.807, 2.05) is 0 Å². The third-order valence-corrected chi connectivity index (χ3v) is 4.01. The van der Waals surface area contributed by atoms with Crippen molar-refractivity contribution < 1.29 is 9.59 Å². The normalized spacial score (nSPS) is 10.6. The first kappa shape index (κ1) is 16.9. The molecule has 9 heteroatoms. The molecule has 3 aromatic rings. The molecule has 0 aliphatic carbocycles. The molecule has 3 rings (SSSR count). The number of rotatable bonds is 3. The summed E-state index contributed by atoms with van der Waals surface area (Å²) >= 11 is 3.28. The number of amides is 2. The lowest BCUT2D eigenvalue weighted by atomic mass is 10.2. The van der Waals surface area contributed by atoms with Crippen LogP contribution < -0.4 is 16.3 Å². The van der Waals surface area contributed by atoms with Crippen molar-refractivity contribution in [1.29, 1.82) is 0 Å². The van der Waals surface area contributed by atoms with E-state index in [9.17, 15) is 14.4 Å². The molecule has 2 N–H and O–H groups in total. The molecular weight excluding hydrogens is 390 g/mol. The van der Waals surface area contributed by atoms with Crippen LogP contribution in [0.1, 0.15) is 10.5 Å². The first-order valence-electron chi connectivity index (χ1n) is 7.31. The Labute approximate surface area is 150 Å². The van der Waals surface area contributed by atoms with Gasteiger partial charge in [0.1, 0.15) is 12.2 Å². The highest BCUT2D eigenvalue weighted by molar-refractivity contribution is 9.10. The fourth-order valence-electron chi connectivity index (χ4n) is 2.40. The molecule has 0 spiro atoms. The molecule has 128 valence electrons. The number of hydrogen-bond acceptors (Lipinski definition) is 4. The van der Waals surface area contributed by atoms with Crippen LogP contribution in [0.2, 0.25) is 0 Å². The lowest BCUT2D eigenvalue weighted by Gasteiger charge is -2.10. The number of carbonyl (C=O) groups is 2. The van der Waals surface area contributed by atoms with Crippen LogP contribution in [0.15, 0.2) is 52.0 Å². The maximum Gasteiger partial charge on any atom is 0.286 e. The zero-order valence-electron chi connectivity index (χ0n) is 13.2. The van der Waals surface area contributed by atoms with Gasteiger partial charge in [0.05, 0.1) is 11.7 Å². The largest absolute Gasteiger partial charge is 0.345 e. The topological polar surface area (TPSA) is 98.0 Å². The Balaban J connectivity index is 1.69. The molecule has 25 heavy (non-hydrogen) atoms. The van der Waals surface area contributed by atoms with E-state index >= 15 is 0 Å². The van der Waals surface area contributed by atoms with Gasteiger partial charge in [0, 0.05) is 23.1 Å². The quantitative estimate of drug-likeness (QED) is 0.636. The highest BCUT2D eigenvalue weighted by atomic mass is 79.9. The summed E-state index contributed by atoms with van der Waals surface area (Å²) in [6.45, 7) is -0.141. The van der Waals surface area contributed by atoms with Crippen molar-refractivity contribution in [2.45, 2.75) is 6.54 Å². The van der Waals surface area contributed by atoms with Crippen LogP contribution in [0.5, 0.6) is 0 Å². The molecule has 0 aliphatic heterocycles. The van der Waals surface area contributed by atoms with Crippen LogP contribution >= 0.6 is 15.9 Å². The highest BCUT2D eigenvalue weighted by Crippen LogP contribution is 2.13. The second-order valence-corrected chi connectivity index (χ2v) is 6.26. The summed E-state index contributed by atoms with van der Waals surface area (Å²) in [5.74, 6) is -0.915. The van der Waals surface area contributed by atoms with Gasteiger partial charge in [0.15, 0.2) is 0 Å². The summed E-state index contributed by atoms with van der Waals surface area (Å²) in [6, 6.07) is 8.51. The first-order valence-corrected chi connectivity index (χ1v) is 8.11. The van der Waals surface area contributed by atoms with Gasteiger partial charge in [-0.05, 0) is 34.1 Å². The van der Waals surface area contributed by atoms with Gasteiger partial charge in [-0.1, -0.05) is 12.1 Å². The molecule has 0 unspecified atom stereocenters. The predicted octanol–water partition coefficient (Wildman–Crippen LogP) is 0.959. The molecule has 1 aromatic carbocycles. The lowest BCUT2D eigenvalue weighted by Crippen LogP contribution is -2.44. The second kappa shape index (κ2) is 6.89. The number of hydrogen-bond donors (Lipinski definition) is 2. The molecule has 0 aliphatic rings. The average Bonchev–Trinajstić information content (AvgIpc) is 2.94. The maximum absolute atomic E-state index is 12.1. The summed E-state index contributed by atoms with van der Waals surface area (Å²) in [6.07, 6.45) is 2.89. The Kier molecular flexibility index (Phi) is 4.66. The fourth-order valence-corrected chi connectivity index (χ4v) is 2.93. The number of benzene rings is 1. The molecule has 2 aromatic heterocycles. The number of carbonyl (C=O) groups excluding carboxylic acids is 2. The number of hydrazine groups is 1. The maximum atomic E-state index is 12.1. The summed E-state index contributed by atoms with van der Waals surface area (Å²) in [4.78, 5) is 35.9. The van der Waals surface area contributed by atoms with Crippen LogP contribution in [0.25, 0.3) is 10.9 Å². The Morgan fingerprint density at radius 2 is 2.00 bits per heavy atom. The minimum Gasteiger partial charge on any atom is -0.345 e. The van der Waals surface area contributed by atoms with Crippen molar-refractivity contribution in [2.75, 3.05) is 0 Å². The predicted molar refractivity (Wildman–Crippen MR) is 94.7 cm³/mol. The van der Waals surface area contributed by atoms with Crippen molar-refractivity contribution in [3.63, 3.8) is 0 Å². The van der Waals surface area contributed by atoms with Gasteiger partial charge < -0.3 is 4.57 Å². The van der Waals surface area contributed by atoms with Crippen LogP contribution in [-0.2, 0) is 18.4 Å². The molecule has 0 bridgehead atoms. The summed E-state index contributed by atoms with van der Waals surface area (Å²) < 4.78 is 3.79. The SMILES string of the molecule is Cn1cc(Br)cc1C(=O)NNC(=O)Cn1ncc(=O)c2ccccc21. The number of halogens is 1. The smallest absolute Gasteiger partial charge is 0.286 e. The average molecular weight is 404 g/mol. The van der Waals surface area contributed by atoms with Crippen LogP contribution in [0, 0.1) is 0 Å². The first-order chi connectivity index (χ1) is 12.0. The van der Waals surface area contributed by atoms with Crippen LogP contribution in [0.3, 0.4) is 0 Å². The van der Waals surface area contributed by atoms with Gasteiger partial charge in [-0.3, -0.25) is 29.9 Å². The standard InChI is InChI=1S/C16H14BrN5O3/c1-21-8-10(17)6-13(21)16(25)20-19-15(24)9-22-12-5-3-2-4-11(12)14(23)7-18-22/h2-8H,9H2,1H3,(H,19,24)(H,20,25). The van der Waals surface area contributed by atoms with Crippen molar-refractivity contribution >= 4 is 38.6 Å². The summed E-state index contributed by atoms with van der Waals surface area (Å²) in [5, 5.41) is 4.44. The van der Waals surface area contributed by atoms with Crippen molar-refractivity contribution in [3.05, 3.63) is 63.1 Å². The third kappa shape index (κ3) is 3.61. The number of nitrogens with zero attached hydrogens (tertiary/aromatic N) is 3. The van der Waals surface area contributed by atoms with Gasteiger partial charge in [-0.2, -0.15) is 5.10 Å². The van der Waals surface area contributed by atoms with Crippen LogP contribution in [-0.4, -0.2) is 26.2 Å². The van der Waals surface area contributed by atoms with Crippen molar-refractivity contribution in [1.82, 2.24) is 25.2 Å².